The molecule has 0 saturated carbocycles. The lowest BCUT2D eigenvalue weighted by Crippen LogP contribution is -2.46. The Morgan fingerprint density at radius 2 is 2.18 bits per heavy atom. The van der Waals surface area contributed by atoms with E-state index in [0.717, 1.165) is 30.7 Å². The van der Waals surface area contributed by atoms with Crippen LogP contribution in [0.5, 0.6) is 0 Å². The number of rotatable bonds is 4. The molecule has 5 heteroatoms. The first kappa shape index (κ1) is 15.1. The molecule has 0 amide bonds. The first-order valence-corrected chi connectivity index (χ1v) is 7.82. The Kier molecular flexibility index (Phi) is 4.50. The van der Waals surface area contributed by atoms with Crippen LogP contribution in [0.1, 0.15) is 36.6 Å². The summed E-state index contributed by atoms with van der Waals surface area (Å²) >= 11 is 6.12. The van der Waals surface area contributed by atoms with Gasteiger partial charge in [-0.15, -0.1) is 0 Å². The number of benzene rings is 1. The van der Waals surface area contributed by atoms with Gasteiger partial charge in [-0.2, -0.15) is 0 Å². The molecule has 0 bridgehead atoms. The minimum Gasteiger partial charge on any atom is -0.480 e. The van der Waals surface area contributed by atoms with Gasteiger partial charge in [-0.3, -0.25) is 9.69 Å². The number of piperidine rings is 1. The van der Waals surface area contributed by atoms with Crippen LogP contribution in [-0.2, 0) is 4.79 Å². The van der Waals surface area contributed by atoms with E-state index in [1.807, 2.05) is 41.3 Å². The normalized spacial score (nSPS) is 20.7. The average Bonchev–Trinajstić information content (AvgIpc) is 3.02. The number of furan rings is 1. The highest BCUT2D eigenvalue weighted by Gasteiger charge is 2.36. The first-order valence-electron chi connectivity index (χ1n) is 7.44. The number of hydrogen-bond donors (Lipinski definition) is 1. The molecule has 1 aliphatic heterocycles. The van der Waals surface area contributed by atoms with Crippen molar-refractivity contribution in [2.24, 2.45) is 0 Å². The van der Waals surface area contributed by atoms with Gasteiger partial charge in [0, 0.05) is 11.6 Å². The summed E-state index contributed by atoms with van der Waals surface area (Å²) in [5.74, 6) is -0.0336. The monoisotopic (exact) mass is 319 g/mol. The molecule has 1 aromatic heterocycles. The fourth-order valence-corrected chi connectivity index (χ4v) is 3.37. The molecule has 3 rings (SSSR count). The minimum absolute atomic E-state index is 0.227. The molecule has 0 spiro atoms. The highest BCUT2D eigenvalue weighted by molar-refractivity contribution is 6.30. The van der Waals surface area contributed by atoms with Crippen LogP contribution in [0.2, 0.25) is 5.02 Å². The standard InChI is InChI=1S/C17H18ClNO3/c18-13-6-3-5-12(11-13)16(15-8-4-10-22-15)19-9-2-1-7-14(19)17(20)21/h3-6,8,10-11,14,16H,1-2,7,9H2,(H,20,21). The molecule has 22 heavy (non-hydrogen) atoms. The lowest BCUT2D eigenvalue weighted by Gasteiger charge is -2.38. The molecule has 1 saturated heterocycles. The summed E-state index contributed by atoms with van der Waals surface area (Å²) < 4.78 is 5.59. The molecular formula is C17H18ClNO3. The Labute approximate surface area is 134 Å². The topological polar surface area (TPSA) is 53.7 Å². The highest BCUT2D eigenvalue weighted by atomic mass is 35.5. The molecular weight excluding hydrogens is 302 g/mol. The van der Waals surface area contributed by atoms with Crippen LogP contribution in [0.15, 0.2) is 47.1 Å². The van der Waals surface area contributed by atoms with E-state index in [2.05, 4.69) is 0 Å². The Bertz CT molecular complexity index is 641. The second-order valence-electron chi connectivity index (χ2n) is 5.56. The zero-order valence-electron chi connectivity index (χ0n) is 12.1. The number of aliphatic carboxylic acids is 1. The maximum absolute atomic E-state index is 11.6. The number of carboxylic acid groups (broad SMARTS) is 1. The fourth-order valence-electron chi connectivity index (χ4n) is 3.17. The second kappa shape index (κ2) is 6.55. The van der Waals surface area contributed by atoms with Gasteiger partial charge in [0.25, 0.3) is 0 Å². The van der Waals surface area contributed by atoms with E-state index in [-0.39, 0.29) is 6.04 Å². The maximum Gasteiger partial charge on any atom is 0.320 e. The fraction of sp³-hybridized carbons (Fsp3) is 0.353. The molecule has 1 N–H and O–H groups in total. The van der Waals surface area contributed by atoms with E-state index in [0.29, 0.717) is 11.4 Å². The Hall–Kier alpha value is -1.78. The predicted molar refractivity (Wildman–Crippen MR) is 84.0 cm³/mol. The van der Waals surface area contributed by atoms with E-state index in [9.17, 15) is 9.90 Å². The molecule has 1 aliphatic rings. The van der Waals surface area contributed by atoms with Crippen LogP contribution in [0.25, 0.3) is 0 Å². The minimum atomic E-state index is -0.779. The SMILES string of the molecule is O=C(O)C1CCCCN1C(c1cccc(Cl)c1)c1ccco1. The molecule has 2 atom stereocenters. The third kappa shape index (κ3) is 3.03. The molecule has 2 aromatic rings. The maximum atomic E-state index is 11.6. The van der Waals surface area contributed by atoms with Crippen LogP contribution in [0.4, 0.5) is 0 Å². The van der Waals surface area contributed by atoms with Gasteiger partial charge in [0.1, 0.15) is 11.8 Å². The van der Waals surface area contributed by atoms with Crippen molar-refractivity contribution in [1.82, 2.24) is 4.90 Å². The summed E-state index contributed by atoms with van der Waals surface area (Å²) in [6.07, 6.45) is 4.20. The van der Waals surface area contributed by atoms with Crippen LogP contribution in [0, 0.1) is 0 Å². The van der Waals surface area contributed by atoms with Gasteiger partial charge in [0.2, 0.25) is 0 Å². The van der Waals surface area contributed by atoms with Crippen molar-refractivity contribution >= 4 is 17.6 Å². The molecule has 116 valence electrons. The summed E-state index contributed by atoms with van der Waals surface area (Å²) in [5, 5.41) is 10.2. The molecule has 2 heterocycles. The van der Waals surface area contributed by atoms with Gasteiger partial charge >= 0.3 is 5.97 Å². The number of likely N-dealkylation sites (tertiary alicyclic amines) is 1. The summed E-state index contributed by atoms with van der Waals surface area (Å²) in [6.45, 7) is 0.731. The predicted octanol–water partition coefficient (Wildman–Crippen LogP) is 3.96. The summed E-state index contributed by atoms with van der Waals surface area (Å²) in [7, 11) is 0. The third-order valence-electron chi connectivity index (χ3n) is 4.14. The van der Waals surface area contributed by atoms with Crippen LogP contribution >= 0.6 is 11.6 Å². The number of carboxylic acids is 1. The van der Waals surface area contributed by atoms with Crippen LogP contribution in [0.3, 0.4) is 0 Å². The van der Waals surface area contributed by atoms with E-state index in [4.69, 9.17) is 16.0 Å². The lowest BCUT2D eigenvalue weighted by molar-refractivity contribution is -0.145. The largest absolute Gasteiger partial charge is 0.480 e. The van der Waals surface area contributed by atoms with Gasteiger partial charge in [0.05, 0.1) is 12.3 Å². The van der Waals surface area contributed by atoms with E-state index in [1.54, 1.807) is 6.26 Å². The number of halogens is 1. The quantitative estimate of drug-likeness (QED) is 0.926. The van der Waals surface area contributed by atoms with Gasteiger partial charge in [-0.25, -0.2) is 0 Å². The third-order valence-corrected chi connectivity index (χ3v) is 4.37. The van der Waals surface area contributed by atoms with Crippen LogP contribution in [-0.4, -0.2) is 28.6 Å². The Morgan fingerprint density at radius 3 is 2.86 bits per heavy atom. The molecule has 1 aromatic carbocycles. The van der Waals surface area contributed by atoms with Crippen molar-refractivity contribution in [1.29, 1.82) is 0 Å². The zero-order valence-corrected chi connectivity index (χ0v) is 12.9. The van der Waals surface area contributed by atoms with Gasteiger partial charge < -0.3 is 9.52 Å². The van der Waals surface area contributed by atoms with Crippen LogP contribution < -0.4 is 0 Å². The van der Waals surface area contributed by atoms with Crippen molar-refractivity contribution in [3.8, 4) is 0 Å². The van der Waals surface area contributed by atoms with E-state index >= 15 is 0 Å². The van der Waals surface area contributed by atoms with E-state index < -0.39 is 12.0 Å². The van der Waals surface area contributed by atoms with Crippen molar-refractivity contribution in [2.45, 2.75) is 31.3 Å². The molecule has 1 fully saturated rings. The number of nitrogens with zero attached hydrogens (tertiary/aromatic N) is 1. The molecule has 0 radical (unpaired) electrons. The molecule has 2 unspecified atom stereocenters. The van der Waals surface area contributed by atoms with Crippen molar-refractivity contribution in [3.05, 3.63) is 59.0 Å². The van der Waals surface area contributed by atoms with Crippen molar-refractivity contribution in [2.75, 3.05) is 6.54 Å². The van der Waals surface area contributed by atoms with Gasteiger partial charge in [-0.05, 0) is 42.7 Å². The highest BCUT2D eigenvalue weighted by Crippen LogP contribution is 2.35. The number of hydrogen-bond acceptors (Lipinski definition) is 3. The summed E-state index contributed by atoms with van der Waals surface area (Å²) in [4.78, 5) is 13.6. The smallest absolute Gasteiger partial charge is 0.320 e. The van der Waals surface area contributed by atoms with Crippen molar-refractivity contribution < 1.29 is 14.3 Å². The summed E-state index contributed by atoms with van der Waals surface area (Å²) in [5.41, 5.74) is 0.954. The Morgan fingerprint density at radius 1 is 1.32 bits per heavy atom. The molecule has 0 aliphatic carbocycles. The average molecular weight is 320 g/mol. The first-order chi connectivity index (χ1) is 10.7. The second-order valence-corrected chi connectivity index (χ2v) is 6.00. The summed E-state index contributed by atoms with van der Waals surface area (Å²) in [6, 6.07) is 10.5. The van der Waals surface area contributed by atoms with Gasteiger partial charge in [-0.1, -0.05) is 30.2 Å². The Balaban J connectivity index is 2.03. The number of carbonyl (C=O) groups is 1. The molecule has 4 nitrogen and oxygen atoms in total. The zero-order chi connectivity index (χ0) is 15.5. The van der Waals surface area contributed by atoms with Crippen molar-refractivity contribution in [3.63, 3.8) is 0 Å². The van der Waals surface area contributed by atoms with Gasteiger partial charge in [0.15, 0.2) is 0 Å². The van der Waals surface area contributed by atoms with E-state index in [1.165, 1.54) is 0 Å². The lowest BCUT2D eigenvalue weighted by atomic mass is 9.95.